The molecule has 98 valence electrons. The lowest BCUT2D eigenvalue weighted by molar-refractivity contribution is -0.130. The van der Waals surface area contributed by atoms with Gasteiger partial charge in [-0.3, -0.25) is 9.69 Å². The Morgan fingerprint density at radius 1 is 1.41 bits per heavy atom. The molecule has 2 rings (SSSR count). The average Bonchev–Trinajstić information content (AvgIpc) is 2.90. The lowest BCUT2D eigenvalue weighted by Crippen LogP contribution is -2.48. The molecule has 2 fully saturated rings. The van der Waals surface area contributed by atoms with Crippen molar-refractivity contribution in [2.75, 3.05) is 39.5 Å². The van der Waals surface area contributed by atoms with Gasteiger partial charge in [0.1, 0.15) is 6.10 Å². The van der Waals surface area contributed by atoms with Gasteiger partial charge < -0.3 is 14.8 Å². The molecule has 2 aliphatic heterocycles. The maximum Gasteiger partial charge on any atom is 0.249 e. The van der Waals surface area contributed by atoms with Crippen molar-refractivity contribution >= 4 is 5.91 Å². The van der Waals surface area contributed by atoms with Crippen LogP contribution in [0.25, 0.3) is 0 Å². The molecule has 0 aromatic rings. The van der Waals surface area contributed by atoms with E-state index in [9.17, 15) is 4.79 Å². The Labute approximate surface area is 102 Å². The zero-order valence-corrected chi connectivity index (χ0v) is 10.5. The quantitative estimate of drug-likeness (QED) is 0.754. The van der Waals surface area contributed by atoms with E-state index < -0.39 is 0 Å². The normalized spacial score (nSPS) is 27.9. The summed E-state index contributed by atoms with van der Waals surface area (Å²) in [6.07, 6.45) is 1.64. The maximum absolute atomic E-state index is 11.8. The molecule has 2 saturated heterocycles. The van der Waals surface area contributed by atoms with E-state index >= 15 is 0 Å². The number of nitrogens with one attached hydrogen (secondary N) is 1. The molecule has 0 unspecified atom stereocenters. The van der Waals surface area contributed by atoms with Gasteiger partial charge in [-0.2, -0.15) is 0 Å². The predicted molar refractivity (Wildman–Crippen MR) is 63.8 cm³/mol. The van der Waals surface area contributed by atoms with Crippen molar-refractivity contribution in [3.63, 3.8) is 0 Å². The highest BCUT2D eigenvalue weighted by molar-refractivity contribution is 5.80. The molecular weight excluding hydrogens is 220 g/mol. The standard InChI is InChI=1S/C12H22N2O3/c1-10(14-4-7-16-8-5-14)9-13-12(15)11-3-2-6-17-11/h10-11H,2-9H2,1H3,(H,13,15)/t10-,11-/m0/s1. The topological polar surface area (TPSA) is 50.8 Å². The van der Waals surface area contributed by atoms with Crippen LogP contribution < -0.4 is 5.32 Å². The van der Waals surface area contributed by atoms with E-state index in [4.69, 9.17) is 9.47 Å². The third-order valence-corrected chi connectivity index (χ3v) is 3.46. The Morgan fingerprint density at radius 3 is 2.82 bits per heavy atom. The summed E-state index contributed by atoms with van der Waals surface area (Å²) in [6.45, 7) is 7.05. The fraction of sp³-hybridized carbons (Fsp3) is 0.917. The molecule has 0 aromatic carbocycles. The number of ether oxygens (including phenoxy) is 2. The van der Waals surface area contributed by atoms with Crippen LogP contribution in [0.5, 0.6) is 0 Å². The zero-order valence-electron chi connectivity index (χ0n) is 10.5. The van der Waals surface area contributed by atoms with Crippen molar-refractivity contribution in [3.8, 4) is 0 Å². The highest BCUT2D eigenvalue weighted by Gasteiger charge is 2.24. The second-order valence-corrected chi connectivity index (χ2v) is 4.74. The molecule has 0 spiro atoms. The molecule has 0 bridgehead atoms. The first-order valence-electron chi connectivity index (χ1n) is 6.48. The molecule has 0 saturated carbocycles. The molecule has 1 N–H and O–H groups in total. The van der Waals surface area contributed by atoms with E-state index in [-0.39, 0.29) is 12.0 Å². The number of carbonyl (C=O) groups is 1. The predicted octanol–water partition coefficient (Wildman–Crippen LogP) is 0.00230. The zero-order chi connectivity index (χ0) is 12.1. The van der Waals surface area contributed by atoms with Crippen molar-refractivity contribution in [2.45, 2.75) is 31.9 Å². The van der Waals surface area contributed by atoms with Crippen LogP contribution in [0.1, 0.15) is 19.8 Å². The molecular formula is C12H22N2O3. The molecule has 2 aliphatic rings. The number of nitrogens with zero attached hydrogens (tertiary/aromatic N) is 1. The van der Waals surface area contributed by atoms with Gasteiger partial charge in [-0.15, -0.1) is 0 Å². The molecule has 0 radical (unpaired) electrons. The lowest BCUT2D eigenvalue weighted by Gasteiger charge is -2.32. The minimum atomic E-state index is -0.216. The van der Waals surface area contributed by atoms with E-state index in [1.807, 2.05) is 0 Å². The summed E-state index contributed by atoms with van der Waals surface area (Å²) < 4.78 is 10.7. The number of morpholine rings is 1. The number of hydrogen-bond acceptors (Lipinski definition) is 4. The molecule has 2 atom stereocenters. The largest absolute Gasteiger partial charge is 0.379 e. The van der Waals surface area contributed by atoms with Crippen molar-refractivity contribution in [2.24, 2.45) is 0 Å². The average molecular weight is 242 g/mol. The van der Waals surface area contributed by atoms with E-state index in [0.717, 1.165) is 45.8 Å². The summed E-state index contributed by atoms with van der Waals surface area (Å²) in [4.78, 5) is 14.1. The number of hydrogen-bond donors (Lipinski definition) is 1. The molecule has 5 heteroatoms. The van der Waals surface area contributed by atoms with E-state index in [2.05, 4.69) is 17.1 Å². The summed E-state index contributed by atoms with van der Waals surface area (Å²) >= 11 is 0. The SMILES string of the molecule is C[C@@H](CNC(=O)[C@@H]1CCCO1)N1CCOCC1. The summed E-state index contributed by atoms with van der Waals surface area (Å²) in [5.41, 5.74) is 0. The van der Waals surface area contributed by atoms with Crippen LogP contribution in [0.2, 0.25) is 0 Å². The van der Waals surface area contributed by atoms with Gasteiger partial charge in [0.2, 0.25) is 5.91 Å². The van der Waals surface area contributed by atoms with Crippen molar-refractivity contribution in [3.05, 3.63) is 0 Å². The molecule has 17 heavy (non-hydrogen) atoms. The fourth-order valence-electron chi connectivity index (χ4n) is 2.29. The lowest BCUT2D eigenvalue weighted by atomic mass is 10.2. The van der Waals surface area contributed by atoms with Crippen LogP contribution in [-0.4, -0.2) is 62.4 Å². The summed E-state index contributed by atoms with van der Waals surface area (Å²) in [5.74, 6) is 0.0441. The minimum Gasteiger partial charge on any atom is -0.379 e. The van der Waals surface area contributed by atoms with Gasteiger partial charge in [-0.25, -0.2) is 0 Å². The highest BCUT2D eigenvalue weighted by atomic mass is 16.5. The van der Waals surface area contributed by atoms with E-state index in [0.29, 0.717) is 12.6 Å². The van der Waals surface area contributed by atoms with Crippen molar-refractivity contribution in [1.82, 2.24) is 10.2 Å². The molecule has 2 heterocycles. The second kappa shape index (κ2) is 6.33. The Morgan fingerprint density at radius 2 is 2.18 bits per heavy atom. The van der Waals surface area contributed by atoms with E-state index in [1.165, 1.54) is 0 Å². The fourth-order valence-corrected chi connectivity index (χ4v) is 2.29. The third-order valence-electron chi connectivity index (χ3n) is 3.46. The summed E-state index contributed by atoms with van der Waals surface area (Å²) in [6, 6.07) is 0.365. The number of amides is 1. The first-order valence-corrected chi connectivity index (χ1v) is 6.48. The van der Waals surface area contributed by atoms with Crippen molar-refractivity contribution in [1.29, 1.82) is 0 Å². The summed E-state index contributed by atoms with van der Waals surface area (Å²) in [5, 5.41) is 2.98. The van der Waals surface area contributed by atoms with Gasteiger partial charge in [0.25, 0.3) is 0 Å². The third kappa shape index (κ3) is 3.66. The number of carbonyl (C=O) groups excluding carboxylic acids is 1. The van der Waals surface area contributed by atoms with E-state index in [1.54, 1.807) is 0 Å². The van der Waals surface area contributed by atoms with Crippen LogP contribution >= 0.6 is 0 Å². The van der Waals surface area contributed by atoms with Crippen LogP contribution in [-0.2, 0) is 14.3 Å². The van der Waals surface area contributed by atoms with Gasteiger partial charge >= 0.3 is 0 Å². The first-order chi connectivity index (χ1) is 8.27. The van der Waals surface area contributed by atoms with Crippen molar-refractivity contribution < 1.29 is 14.3 Å². The Bertz CT molecular complexity index is 248. The summed E-state index contributed by atoms with van der Waals surface area (Å²) in [7, 11) is 0. The minimum absolute atomic E-state index is 0.0441. The van der Waals surface area contributed by atoms with Crippen LogP contribution in [0.4, 0.5) is 0 Å². The monoisotopic (exact) mass is 242 g/mol. The smallest absolute Gasteiger partial charge is 0.249 e. The van der Waals surface area contributed by atoms with Crippen LogP contribution in [0.15, 0.2) is 0 Å². The van der Waals surface area contributed by atoms with Gasteiger partial charge in [-0.05, 0) is 19.8 Å². The number of rotatable bonds is 4. The van der Waals surface area contributed by atoms with Gasteiger partial charge in [0.15, 0.2) is 0 Å². The van der Waals surface area contributed by atoms with Gasteiger partial charge in [0, 0.05) is 32.3 Å². The molecule has 5 nitrogen and oxygen atoms in total. The van der Waals surface area contributed by atoms with Crippen LogP contribution in [0, 0.1) is 0 Å². The Hall–Kier alpha value is -0.650. The molecule has 1 amide bonds. The van der Waals surface area contributed by atoms with Gasteiger partial charge in [-0.1, -0.05) is 0 Å². The molecule has 0 aliphatic carbocycles. The first kappa shape index (κ1) is 12.8. The van der Waals surface area contributed by atoms with Crippen LogP contribution in [0.3, 0.4) is 0 Å². The van der Waals surface area contributed by atoms with Gasteiger partial charge in [0.05, 0.1) is 13.2 Å². The Kier molecular flexibility index (Phi) is 4.76. The highest BCUT2D eigenvalue weighted by Crippen LogP contribution is 2.11. The molecule has 0 aromatic heterocycles. The maximum atomic E-state index is 11.8. The Balaban J connectivity index is 1.67. The second-order valence-electron chi connectivity index (χ2n) is 4.74.